The molecule has 0 saturated heterocycles. The van der Waals surface area contributed by atoms with Crippen molar-refractivity contribution in [3.05, 3.63) is 53.9 Å². The van der Waals surface area contributed by atoms with Crippen LogP contribution < -0.4 is 10.0 Å². The highest BCUT2D eigenvalue weighted by Crippen LogP contribution is 2.15. The van der Waals surface area contributed by atoms with Gasteiger partial charge in [-0.05, 0) is 49.7 Å². The number of hydrogen-bond donors (Lipinski definition) is 2. The van der Waals surface area contributed by atoms with Crippen molar-refractivity contribution in [3.8, 4) is 0 Å². The lowest BCUT2D eigenvalue weighted by molar-refractivity contribution is 0.602. The van der Waals surface area contributed by atoms with Crippen LogP contribution in [0.1, 0.15) is 18.2 Å². The second-order valence-corrected chi connectivity index (χ2v) is 6.76. The molecule has 0 saturated carbocycles. The van der Waals surface area contributed by atoms with E-state index < -0.39 is 10.0 Å². The number of pyridine rings is 1. The monoisotopic (exact) mass is 305 g/mol. The number of aromatic nitrogens is 1. The summed E-state index contributed by atoms with van der Waals surface area (Å²) in [5.41, 5.74) is 3.58. The van der Waals surface area contributed by atoms with Crippen molar-refractivity contribution in [1.82, 2.24) is 4.98 Å². The summed E-state index contributed by atoms with van der Waals surface area (Å²) in [6.45, 7) is 4.23. The standard InChI is InChI=1S/C15H19N3O2S/c1-3-21(19,20)18-15-8-6-14(7-9-15)17-11-13-5-4-12(2)16-10-13/h4-10,17-18H,3,11H2,1-2H3. The number of benzene rings is 1. The molecule has 0 unspecified atom stereocenters. The highest BCUT2D eigenvalue weighted by atomic mass is 32.2. The van der Waals surface area contributed by atoms with Gasteiger partial charge in [0.15, 0.2) is 0 Å². The van der Waals surface area contributed by atoms with Gasteiger partial charge in [0.1, 0.15) is 0 Å². The summed E-state index contributed by atoms with van der Waals surface area (Å²) in [5, 5.41) is 3.27. The highest BCUT2D eigenvalue weighted by molar-refractivity contribution is 7.92. The molecule has 0 atom stereocenters. The summed E-state index contributed by atoms with van der Waals surface area (Å²) < 4.78 is 25.4. The normalized spacial score (nSPS) is 11.1. The number of rotatable bonds is 6. The van der Waals surface area contributed by atoms with Gasteiger partial charge in [0.2, 0.25) is 10.0 Å². The summed E-state index contributed by atoms with van der Waals surface area (Å²) in [7, 11) is -3.22. The van der Waals surface area contributed by atoms with Gasteiger partial charge in [-0.3, -0.25) is 9.71 Å². The van der Waals surface area contributed by atoms with E-state index in [0.29, 0.717) is 12.2 Å². The summed E-state index contributed by atoms with van der Waals surface area (Å²) in [5.74, 6) is 0.0629. The molecule has 2 N–H and O–H groups in total. The Labute approximate surface area is 125 Å². The van der Waals surface area contributed by atoms with Gasteiger partial charge in [0.25, 0.3) is 0 Å². The molecule has 0 bridgehead atoms. The van der Waals surface area contributed by atoms with E-state index in [1.807, 2.05) is 37.4 Å². The van der Waals surface area contributed by atoms with Crippen LogP contribution in [0.15, 0.2) is 42.6 Å². The van der Waals surface area contributed by atoms with Gasteiger partial charge < -0.3 is 5.32 Å². The smallest absolute Gasteiger partial charge is 0.232 e. The summed E-state index contributed by atoms with van der Waals surface area (Å²) in [6.07, 6.45) is 1.84. The van der Waals surface area contributed by atoms with Crippen LogP contribution in [-0.4, -0.2) is 19.2 Å². The van der Waals surface area contributed by atoms with Crippen molar-refractivity contribution < 1.29 is 8.42 Å². The van der Waals surface area contributed by atoms with Crippen LogP contribution in [-0.2, 0) is 16.6 Å². The molecule has 0 radical (unpaired) electrons. The van der Waals surface area contributed by atoms with Crippen LogP contribution in [0.2, 0.25) is 0 Å². The topological polar surface area (TPSA) is 71.1 Å². The zero-order chi connectivity index (χ0) is 15.3. The first-order valence-electron chi connectivity index (χ1n) is 6.74. The van der Waals surface area contributed by atoms with Crippen LogP contribution in [0.5, 0.6) is 0 Å². The minimum Gasteiger partial charge on any atom is -0.381 e. The number of sulfonamides is 1. The molecule has 0 spiro atoms. The molecular weight excluding hydrogens is 286 g/mol. The summed E-state index contributed by atoms with van der Waals surface area (Å²) in [4.78, 5) is 4.24. The Hall–Kier alpha value is -2.08. The van der Waals surface area contributed by atoms with E-state index in [0.717, 1.165) is 16.9 Å². The van der Waals surface area contributed by atoms with Crippen molar-refractivity contribution in [3.63, 3.8) is 0 Å². The van der Waals surface area contributed by atoms with Gasteiger partial charge >= 0.3 is 0 Å². The Kier molecular flexibility index (Phi) is 4.80. The molecule has 1 aromatic carbocycles. The largest absolute Gasteiger partial charge is 0.381 e. The molecule has 21 heavy (non-hydrogen) atoms. The number of anilines is 2. The third-order valence-corrected chi connectivity index (χ3v) is 4.31. The van der Waals surface area contributed by atoms with Crippen molar-refractivity contribution >= 4 is 21.4 Å². The van der Waals surface area contributed by atoms with Crippen molar-refractivity contribution in [2.24, 2.45) is 0 Å². The quantitative estimate of drug-likeness (QED) is 0.861. The molecule has 0 aliphatic carbocycles. The van der Waals surface area contributed by atoms with E-state index in [1.165, 1.54) is 0 Å². The third kappa shape index (κ3) is 4.75. The van der Waals surface area contributed by atoms with E-state index in [-0.39, 0.29) is 5.75 Å². The molecule has 2 aromatic rings. The van der Waals surface area contributed by atoms with Gasteiger partial charge in [-0.25, -0.2) is 8.42 Å². The fraction of sp³-hybridized carbons (Fsp3) is 0.267. The minimum atomic E-state index is -3.22. The number of hydrogen-bond acceptors (Lipinski definition) is 4. The van der Waals surface area contributed by atoms with Crippen LogP contribution >= 0.6 is 0 Å². The van der Waals surface area contributed by atoms with Crippen molar-refractivity contribution in [2.45, 2.75) is 20.4 Å². The van der Waals surface area contributed by atoms with Gasteiger partial charge in [-0.1, -0.05) is 6.07 Å². The average Bonchev–Trinajstić information content (AvgIpc) is 2.48. The molecule has 1 heterocycles. The van der Waals surface area contributed by atoms with Gasteiger partial charge in [0.05, 0.1) is 5.75 Å². The lowest BCUT2D eigenvalue weighted by Gasteiger charge is -2.09. The average molecular weight is 305 g/mol. The Bertz CT molecular complexity index is 680. The first-order valence-corrected chi connectivity index (χ1v) is 8.40. The lowest BCUT2D eigenvalue weighted by Crippen LogP contribution is -2.14. The van der Waals surface area contributed by atoms with Gasteiger partial charge in [-0.2, -0.15) is 0 Å². The van der Waals surface area contributed by atoms with Crippen LogP contribution in [0.4, 0.5) is 11.4 Å². The predicted molar refractivity (Wildman–Crippen MR) is 85.8 cm³/mol. The van der Waals surface area contributed by atoms with Crippen LogP contribution in [0.25, 0.3) is 0 Å². The third-order valence-electron chi connectivity index (χ3n) is 3.01. The molecule has 0 aliphatic rings. The fourth-order valence-electron chi connectivity index (χ4n) is 1.71. The molecule has 1 aromatic heterocycles. The fourth-order valence-corrected chi connectivity index (χ4v) is 2.35. The highest BCUT2D eigenvalue weighted by Gasteiger charge is 2.06. The Morgan fingerprint density at radius 3 is 2.29 bits per heavy atom. The second kappa shape index (κ2) is 6.58. The number of aryl methyl sites for hydroxylation is 1. The van der Waals surface area contributed by atoms with E-state index in [9.17, 15) is 8.42 Å². The number of nitrogens with zero attached hydrogens (tertiary/aromatic N) is 1. The van der Waals surface area contributed by atoms with Gasteiger partial charge in [0, 0.05) is 29.8 Å². The molecule has 112 valence electrons. The molecule has 5 nitrogen and oxygen atoms in total. The predicted octanol–water partition coefficient (Wildman–Crippen LogP) is 2.76. The summed E-state index contributed by atoms with van der Waals surface area (Å²) in [6, 6.07) is 11.2. The molecule has 0 aliphatic heterocycles. The van der Waals surface area contributed by atoms with E-state index >= 15 is 0 Å². The lowest BCUT2D eigenvalue weighted by atomic mass is 10.2. The van der Waals surface area contributed by atoms with Crippen LogP contribution in [0, 0.1) is 6.92 Å². The maximum absolute atomic E-state index is 11.5. The minimum absolute atomic E-state index is 0.0629. The Balaban J connectivity index is 1.95. The zero-order valence-corrected chi connectivity index (χ0v) is 12.9. The Morgan fingerprint density at radius 2 is 1.71 bits per heavy atom. The maximum Gasteiger partial charge on any atom is 0.232 e. The summed E-state index contributed by atoms with van der Waals surface area (Å²) >= 11 is 0. The van der Waals surface area contributed by atoms with Gasteiger partial charge in [-0.15, -0.1) is 0 Å². The molecule has 2 rings (SSSR count). The van der Waals surface area contributed by atoms with Crippen molar-refractivity contribution in [2.75, 3.05) is 15.8 Å². The number of nitrogens with one attached hydrogen (secondary N) is 2. The SMILES string of the molecule is CCS(=O)(=O)Nc1ccc(NCc2ccc(C)nc2)cc1. The molecule has 6 heteroatoms. The first-order chi connectivity index (χ1) is 9.98. The van der Waals surface area contributed by atoms with E-state index in [2.05, 4.69) is 15.0 Å². The van der Waals surface area contributed by atoms with E-state index in [4.69, 9.17) is 0 Å². The molecular formula is C15H19N3O2S. The Morgan fingerprint density at radius 1 is 1.05 bits per heavy atom. The van der Waals surface area contributed by atoms with Crippen molar-refractivity contribution in [1.29, 1.82) is 0 Å². The molecule has 0 amide bonds. The maximum atomic E-state index is 11.5. The second-order valence-electron chi connectivity index (χ2n) is 4.74. The van der Waals surface area contributed by atoms with Crippen LogP contribution in [0.3, 0.4) is 0 Å². The molecule has 0 fully saturated rings. The zero-order valence-electron chi connectivity index (χ0n) is 12.1. The van der Waals surface area contributed by atoms with E-state index in [1.54, 1.807) is 19.1 Å². The first kappa shape index (κ1) is 15.3.